The van der Waals surface area contributed by atoms with Crippen LogP contribution in [0.5, 0.6) is 0 Å². The number of hydrogen-bond donors (Lipinski definition) is 1. The topological polar surface area (TPSA) is 24.9 Å². The van der Waals surface area contributed by atoms with Crippen LogP contribution in [0.1, 0.15) is 18.5 Å². The van der Waals surface area contributed by atoms with E-state index in [2.05, 4.69) is 10.3 Å². The number of anilines is 1. The third-order valence-corrected chi connectivity index (χ3v) is 3.47. The molecule has 94 valence electrons. The molecule has 0 aliphatic carbocycles. The third kappa shape index (κ3) is 3.29. The molecule has 1 heterocycles. The molecular weight excluding hydrogens is 291 g/mol. The molecule has 0 amide bonds. The summed E-state index contributed by atoms with van der Waals surface area (Å²) in [5.41, 5.74) is 1.03. The number of aromatic nitrogens is 1. The molecule has 0 spiro atoms. The molecule has 2 nitrogen and oxygen atoms in total. The van der Waals surface area contributed by atoms with Crippen LogP contribution in [0.4, 0.5) is 5.82 Å². The number of hydrogen-bond acceptors (Lipinski definition) is 2. The fraction of sp³-hybridized carbons (Fsp3) is 0.154. The van der Waals surface area contributed by atoms with Gasteiger partial charge in [-0.1, -0.05) is 46.9 Å². The molecule has 18 heavy (non-hydrogen) atoms. The van der Waals surface area contributed by atoms with Crippen molar-refractivity contribution in [2.24, 2.45) is 0 Å². The minimum absolute atomic E-state index is 0.0609. The molecule has 0 radical (unpaired) electrons. The number of benzene rings is 1. The van der Waals surface area contributed by atoms with E-state index in [1.54, 1.807) is 12.1 Å². The van der Waals surface area contributed by atoms with Gasteiger partial charge < -0.3 is 5.32 Å². The van der Waals surface area contributed by atoms with Crippen molar-refractivity contribution in [3.05, 3.63) is 57.2 Å². The lowest BCUT2D eigenvalue weighted by Crippen LogP contribution is -2.07. The van der Waals surface area contributed by atoms with Gasteiger partial charge in [0, 0.05) is 6.04 Å². The summed E-state index contributed by atoms with van der Waals surface area (Å²) in [6, 6.07) is 11.0. The van der Waals surface area contributed by atoms with Crippen LogP contribution in [0.25, 0.3) is 0 Å². The minimum atomic E-state index is 0.0609. The summed E-state index contributed by atoms with van der Waals surface area (Å²) < 4.78 is 0. The van der Waals surface area contributed by atoms with E-state index in [-0.39, 0.29) is 6.04 Å². The molecule has 1 N–H and O–H groups in total. The molecule has 0 aliphatic heterocycles. The quantitative estimate of drug-likeness (QED) is 0.787. The van der Waals surface area contributed by atoms with Gasteiger partial charge in [0.25, 0.3) is 0 Å². The fourth-order valence-electron chi connectivity index (χ4n) is 1.58. The normalized spacial score (nSPS) is 12.2. The lowest BCUT2D eigenvalue weighted by atomic mass is 10.1. The summed E-state index contributed by atoms with van der Waals surface area (Å²) in [5, 5.41) is 4.80. The van der Waals surface area contributed by atoms with Crippen LogP contribution in [-0.4, -0.2) is 4.98 Å². The summed E-state index contributed by atoms with van der Waals surface area (Å²) in [6.07, 6.45) is 0. The SMILES string of the molecule is CC(Nc1cccc(Cl)n1)c1ccc(Cl)c(Cl)c1. The van der Waals surface area contributed by atoms with E-state index in [0.717, 1.165) is 11.4 Å². The number of halogens is 3. The van der Waals surface area contributed by atoms with Crippen molar-refractivity contribution in [2.75, 3.05) is 5.32 Å². The van der Waals surface area contributed by atoms with Gasteiger partial charge in [0.05, 0.1) is 10.0 Å². The second kappa shape index (κ2) is 5.79. The van der Waals surface area contributed by atoms with Gasteiger partial charge in [-0.25, -0.2) is 4.98 Å². The van der Waals surface area contributed by atoms with Gasteiger partial charge in [0.15, 0.2) is 0 Å². The highest BCUT2D eigenvalue weighted by atomic mass is 35.5. The first kappa shape index (κ1) is 13.5. The van der Waals surface area contributed by atoms with Gasteiger partial charge in [0.1, 0.15) is 11.0 Å². The molecule has 2 aromatic rings. The maximum Gasteiger partial charge on any atom is 0.131 e. The molecule has 0 saturated heterocycles. The molecule has 1 aromatic carbocycles. The molecule has 0 saturated carbocycles. The van der Waals surface area contributed by atoms with E-state index < -0.39 is 0 Å². The maximum absolute atomic E-state index is 5.99. The zero-order valence-electron chi connectivity index (χ0n) is 9.62. The van der Waals surface area contributed by atoms with Crippen LogP contribution < -0.4 is 5.32 Å². The van der Waals surface area contributed by atoms with Crippen molar-refractivity contribution in [3.8, 4) is 0 Å². The van der Waals surface area contributed by atoms with Gasteiger partial charge in [0.2, 0.25) is 0 Å². The Bertz CT molecular complexity index is 558. The first-order chi connectivity index (χ1) is 8.56. The van der Waals surface area contributed by atoms with Crippen LogP contribution in [0.3, 0.4) is 0 Å². The van der Waals surface area contributed by atoms with Gasteiger partial charge in [-0.3, -0.25) is 0 Å². The van der Waals surface area contributed by atoms with E-state index in [0.29, 0.717) is 15.2 Å². The third-order valence-electron chi connectivity index (χ3n) is 2.52. The predicted octanol–water partition coefficient (Wildman–Crippen LogP) is 5.21. The lowest BCUT2D eigenvalue weighted by Gasteiger charge is -2.15. The van der Waals surface area contributed by atoms with Crippen LogP contribution >= 0.6 is 34.8 Å². The van der Waals surface area contributed by atoms with Crippen molar-refractivity contribution in [2.45, 2.75) is 13.0 Å². The average Bonchev–Trinajstić information content (AvgIpc) is 2.32. The molecule has 0 bridgehead atoms. The van der Waals surface area contributed by atoms with Gasteiger partial charge >= 0.3 is 0 Å². The maximum atomic E-state index is 5.99. The van der Waals surface area contributed by atoms with Gasteiger partial charge in [-0.05, 0) is 36.8 Å². The summed E-state index contributed by atoms with van der Waals surface area (Å²) in [6.45, 7) is 2.02. The lowest BCUT2D eigenvalue weighted by molar-refractivity contribution is 0.875. The first-order valence-electron chi connectivity index (χ1n) is 5.40. The van der Waals surface area contributed by atoms with Gasteiger partial charge in [-0.2, -0.15) is 0 Å². The molecule has 0 aliphatic rings. The van der Waals surface area contributed by atoms with E-state index in [4.69, 9.17) is 34.8 Å². The monoisotopic (exact) mass is 300 g/mol. The molecule has 1 aromatic heterocycles. The Hall–Kier alpha value is -0.960. The number of nitrogens with zero attached hydrogens (tertiary/aromatic N) is 1. The number of nitrogens with one attached hydrogen (secondary N) is 1. The summed E-state index contributed by atoms with van der Waals surface area (Å²) in [7, 11) is 0. The smallest absolute Gasteiger partial charge is 0.131 e. The summed E-state index contributed by atoms with van der Waals surface area (Å²) in [5.74, 6) is 0.723. The van der Waals surface area contributed by atoms with E-state index in [1.165, 1.54) is 0 Å². The van der Waals surface area contributed by atoms with Crippen molar-refractivity contribution in [1.82, 2.24) is 4.98 Å². The standard InChI is InChI=1S/C13H11Cl3N2/c1-8(9-5-6-10(14)11(15)7-9)17-13-4-2-3-12(16)18-13/h2-8H,1H3,(H,17,18). The molecule has 1 unspecified atom stereocenters. The molecule has 1 atom stereocenters. The zero-order valence-corrected chi connectivity index (χ0v) is 11.9. The molecule has 5 heteroatoms. The average molecular weight is 302 g/mol. The highest BCUT2D eigenvalue weighted by Gasteiger charge is 2.08. The van der Waals surface area contributed by atoms with Crippen molar-refractivity contribution in [1.29, 1.82) is 0 Å². The molecule has 0 fully saturated rings. The minimum Gasteiger partial charge on any atom is -0.364 e. The van der Waals surface area contributed by atoms with Crippen molar-refractivity contribution >= 4 is 40.6 Å². The Balaban J connectivity index is 2.16. The zero-order chi connectivity index (χ0) is 13.1. The first-order valence-corrected chi connectivity index (χ1v) is 6.53. The van der Waals surface area contributed by atoms with E-state index >= 15 is 0 Å². The van der Waals surface area contributed by atoms with Crippen molar-refractivity contribution < 1.29 is 0 Å². The summed E-state index contributed by atoms with van der Waals surface area (Å²) >= 11 is 17.7. The van der Waals surface area contributed by atoms with E-state index in [1.807, 2.05) is 31.2 Å². The second-order valence-corrected chi connectivity index (χ2v) is 5.09. The van der Waals surface area contributed by atoms with Crippen LogP contribution in [0.15, 0.2) is 36.4 Å². The Kier molecular flexibility index (Phi) is 4.33. The Labute approximate surface area is 121 Å². The Morgan fingerprint density at radius 1 is 1.06 bits per heavy atom. The number of pyridine rings is 1. The molecular formula is C13H11Cl3N2. The van der Waals surface area contributed by atoms with Gasteiger partial charge in [-0.15, -0.1) is 0 Å². The highest BCUT2D eigenvalue weighted by molar-refractivity contribution is 6.42. The predicted molar refractivity (Wildman–Crippen MR) is 77.7 cm³/mol. The highest BCUT2D eigenvalue weighted by Crippen LogP contribution is 2.27. The van der Waals surface area contributed by atoms with E-state index in [9.17, 15) is 0 Å². The summed E-state index contributed by atoms with van der Waals surface area (Å²) in [4.78, 5) is 4.17. The van der Waals surface area contributed by atoms with Crippen LogP contribution in [-0.2, 0) is 0 Å². The Morgan fingerprint density at radius 3 is 2.50 bits per heavy atom. The largest absolute Gasteiger partial charge is 0.364 e. The second-order valence-electron chi connectivity index (χ2n) is 3.89. The fourth-order valence-corrected chi connectivity index (χ4v) is 2.05. The molecule has 2 rings (SSSR count). The Morgan fingerprint density at radius 2 is 1.83 bits per heavy atom. The van der Waals surface area contributed by atoms with Crippen LogP contribution in [0.2, 0.25) is 15.2 Å². The van der Waals surface area contributed by atoms with Crippen LogP contribution in [0, 0.1) is 0 Å². The number of rotatable bonds is 3. The van der Waals surface area contributed by atoms with Crippen molar-refractivity contribution in [3.63, 3.8) is 0 Å².